The smallest absolute Gasteiger partial charge is 0.253 e. The van der Waals surface area contributed by atoms with E-state index in [1.165, 1.54) is 63.5 Å². The van der Waals surface area contributed by atoms with Crippen LogP contribution in [0.3, 0.4) is 0 Å². The first kappa shape index (κ1) is 19.2. The molecule has 3 heteroatoms. The van der Waals surface area contributed by atoms with Gasteiger partial charge in [0.25, 0.3) is 11.8 Å². The third-order valence-electron chi connectivity index (χ3n) is 6.08. The number of rotatable bonds is 10. The average molecular weight is 334 g/mol. The van der Waals surface area contributed by atoms with Crippen molar-refractivity contribution in [2.45, 2.75) is 91.0 Å². The van der Waals surface area contributed by atoms with E-state index >= 15 is 0 Å². The maximum absolute atomic E-state index is 12.3. The first-order valence-electron chi connectivity index (χ1n) is 10.2. The van der Waals surface area contributed by atoms with E-state index in [4.69, 9.17) is 0 Å². The Bertz CT molecular complexity index is 439. The van der Waals surface area contributed by atoms with Gasteiger partial charge in [0.2, 0.25) is 0 Å². The number of carbonyl (C=O) groups is 2. The van der Waals surface area contributed by atoms with Crippen LogP contribution in [-0.2, 0) is 9.59 Å². The first-order chi connectivity index (χ1) is 11.6. The van der Waals surface area contributed by atoms with Crippen molar-refractivity contribution in [1.82, 2.24) is 4.90 Å². The Balaban J connectivity index is 2.19. The normalized spacial score (nSPS) is 29.9. The Morgan fingerprint density at radius 2 is 1.33 bits per heavy atom. The summed E-state index contributed by atoms with van der Waals surface area (Å²) < 4.78 is 0. The summed E-state index contributed by atoms with van der Waals surface area (Å²) >= 11 is 0. The lowest BCUT2D eigenvalue weighted by Gasteiger charge is -2.31. The summed E-state index contributed by atoms with van der Waals surface area (Å²) in [4.78, 5) is 26.1. The molecule has 1 fully saturated rings. The minimum atomic E-state index is -0.0862. The van der Waals surface area contributed by atoms with Gasteiger partial charge in [-0.15, -0.1) is 0 Å². The lowest BCUT2D eigenvalue weighted by molar-refractivity contribution is -0.140. The molecule has 0 spiro atoms. The van der Waals surface area contributed by atoms with E-state index in [1.54, 1.807) is 4.90 Å². The zero-order valence-corrected chi connectivity index (χ0v) is 15.8. The summed E-state index contributed by atoms with van der Waals surface area (Å²) in [5.74, 6) is 1.71. The highest BCUT2D eigenvalue weighted by Gasteiger charge is 2.47. The van der Waals surface area contributed by atoms with Gasteiger partial charge < -0.3 is 0 Å². The molecule has 1 saturated carbocycles. The van der Waals surface area contributed by atoms with Crippen molar-refractivity contribution in [3.8, 4) is 0 Å². The highest BCUT2D eigenvalue weighted by atomic mass is 16.2. The summed E-state index contributed by atoms with van der Waals surface area (Å²) in [6.07, 6.45) is 15.0. The van der Waals surface area contributed by atoms with E-state index in [0.717, 1.165) is 12.8 Å². The fraction of sp³-hybridized carbons (Fsp3) is 0.810. The van der Waals surface area contributed by atoms with Crippen molar-refractivity contribution in [3.63, 3.8) is 0 Å². The second kappa shape index (κ2) is 9.39. The highest BCUT2D eigenvalue weighted by Crippen LogP contribution is 2.47. The van der Waals surface area contributed by atoms with Crippen molar-refractivity contribution in [3.05, 3.63) is 12.2 Å². The van der Waals surface area contributed by atoms with Crippen LogP contribution in [0.2, 0.25) is 0 Å². The van der Waals surface area contributed by atoms with Crippen LogP contribution >= 0.6 is 0 Å². The van der Waals surface area contributed by atoms with Gasteiger partial charge in [-0.05, 0) is 37.0 Å². The zero-order valence-electron chi connectivity index (χ0n) is 15.8. The molecule has 1 aliphatic heterocycles. The molecule has 1 aliphatic carbocycles. The SMILES string of the molecule is CCCCC1C[C@H](N2C(=O)C=CC2=O)[C@H](CCCC)[C@H]1CCCC. The molecule has 0 aromatic heterocycles. The number of nitrogens with zero attached hydrogens (tertiary/aromatic N) is 1. The van der Waals surface area contributed by atoms with Gasteiger partial charge in [0, 0.05) is 18.2 Å². The van der Waals surface area contributed by atoms with Crippen LogP contribution in [0.5, 0.6) is 0 Å². The van der Waals surface area contributed by atoms with E-state index in [1.807, 2.05) is 0 Å². The average Bonchev–Trinajstić information content (AvgIpc) is 3.08. The molecule has 1 unspecified atom stereocenters. The van der Waals surface area contributed by atoms with E-state index in [0.29, 0.717) is 17.8 Å². The van der Waals surface area contributed by atoms with Crippen molar-refractivity contribution < 1.29 is 9.59 Å². The molecule has 0 aromatic carbocycles. The molecule has 0 saturated heterocycles. The Morgan fingerprint density at radius 3 is 1.88 bits per heavy atom. The standard InChI is InChI=1S/C21H35NO2/c1-4-7-10-16-15-19(22-20(23)13-14-21(22)24)18(12-9-6-3)17(16)11-8-5-2/h13-14,16-19H,4-12,15H2,1-3H3/t16?,17-,18+,19-/m0/s1. The summed E-state index contributed by atoms with van der Waals surface area (Å²) in [7, 11) is 0. The lowest BCUT2D eigenvalue weighted by atomic mass is 9.80. The van der Waals surface area contributed by atoms with Crippen molar-refractivity contribution in [2.24, 2.45) is 17.8 Å². The van der Waals surface area contributed by atoms with Gasteiger partial charge in [-0.2, -0.15) is 0 Å². The highest BCUT2D eigenvalue weighted by molar-refractivity contribution is 6.13. The number of hydrogen-bond donors (Lipinski definition) is 0. The van der Waals surface area contributed by atoms with Crippen LogP contribution in [0.15, 0.2) is 12.2 Å². The molecule has 24 heavy (non-hydrogen) atoms. The van der Waals surface area contributed by atoms with Gasteiger partial charge >= 0.3 is 0 Å². The summed E-state index contributed by atoms with van der Waals surface area (Å²) in [5.41, 5.74) is 0. The summed E-state index contributed by atoms with van der Waals surface area (Å²) in [6, 6.07) is 0.135. The van der Waals surface area contributed by atoms with Gasteiger partial charge in [0.05, 0.1) is 0 Å². The van der Waals surface area contributed by atoms with Crippen LogP contribution in [0.1, 0.15) is 85.0 Å². The molecule has 2 amide bonds. The molecular formula is C21H35NO2. The van der Waals surface area contributed by atoms with E-state index in [9.17, 15) is 9.59 Å². The number of imide groups is 1. The molecule has 2 aliphatic rings. The van der Waals surface area contributed by atoms with Crippen molar-refractivity contribution in [2.75, 3.05) is 0 Å². The Labute approximate surface area is 147 Å². The molecule has 0 radical (unpaired) electrons. The van der Waals surface area contributed by atoms with Crippen LogP contribution in [0, 0.1) is 17.8 Å². The molecule has 0 bridgehead atoms. The monoisotopic (exact) mass is 333 g/mol. The van der Waals surface area contributed by atoms with Gasteiger partial charge in [0.1, 0.15) is 0 Å². The van der Waals surface area contributed by atoms with Crippen LogP contribution in [0.25, 0.3) is 0 Å². The Hall–Kier alpha value is -1.12. The molecule has 136 valence electrons. The fourth-order valence-electron chi connectivity index (χ4n) is 4.86. The lowest BCUT2D eigenvalue weighted by Crippen LogP contribution is -2.43. The van der Waals surface area contributed by atoms with Crippen LogP contribution in [0.4, 0.5) is 0 Å². The number of carbonyl (C=O) groups excluding carboxylic acids is 2. The third kappa shape index (κ3) is 4.29. The molecule has 3 nitrogen and oxygen atoms in total. The van der Waals surface area contributed by atoms with E-state index in [-0.39, 0.29) is 17.9 Å². The van der Waals surface area contributed by atoms with Gasteiger partial charge in [0.15, 0.2) is 0 Å². The van der Waals surface area contributed by atoms with Gasteiger partial charge in [-0.25, -0.2) is 0 Å². The second-order valence-corrected chi connectivity index (χ2v) is 7.70. The maximum Gasteiger partial charge on any atom is 0.253 e. The van der Waals surface area contributed by atoms with Gasteiger partial charge in [-0.1, -0.05) is 65.7 Å². The zero-order chi connectivity index (χ0) is 17.5. The quantitative estimate of drug-likeness (QED) is 0.521. The molecule has 4 atom stereocenters. The predicted octanol–water partition coefficient (Wildman–Crippen LogP) is 5.10. The number of amides is 2. The maximum atomic E-state index is 12.3. The Morgan fingerprint density at radius 1 is 0.833 bits per heavy atom. The molecule has 1 heterocycles. The first-order valence-corrected chi connectivity index (χ1v) is 10.2. The minimum absolute atomic E-state index is 0.0862. The largest absolute Gasteiger partial charge is 0.272 e. The predicted molar refractivity (Wildman–Crippen MR) is 98.4 cm³/mol. The summed E-state index contributed by atoms with van der Waals surface area (Å²) in [5, 5.41) is 0. The third-order valence-corrected chi connectivity index (χ3v) is 6.08. The van der Waals surface area contributed by atoms with Gasteiger partial charge in [-0.3, -0.25) is 14.5 Å². The van der Waals surface area contributed by atoms with E-state index < -0.39 is 0 Å². The van der Waals surface area contributed by atoms with Crippen LogP contribution < -0.4 is 0 Å². The molecular weight excluding hydrogens is 298 g/mol. The van der Waals surface area contributed by atoms with Crippen molar-refractivity contribution in [1.29, 1.82) is 0 Å². The summed E-state index contributed by atoms with van der Waals surface area (Å²) in [6.45, 7) is 6.73. The number of hydrogen-bond acceptors (Lipinski definition) is 2. The topological polar surface area (TPSA) is 37.4 Å². The molecule has 0 aromatic rings. The van der Waals surface area contributed by atoms with E-state index in [2.05, 4.69) is 20.8 Å². The Kier molecular flexibility index (Phi) is 7.51. The fourth-order valence-corrected chi connectivity index (χ4v) is 4.86. The number of unbranched alkanes of at least 4 members (excludes halogenated alkanes) is 3. The minimum Gasteiger partial charge on any atom is -0.272 e. The van der Waals surface area contributed by atoms with Crippen molar-refractivity contribution >= 4 is 11.8 Å². The van der Waals surface area contributed by atoms with Crippen LogP contribution in [-0.4, -0.2) is 22.8 Å². The molecule has 2 rings (SSSR count). The second-order valence-electron chi connectivity index (χ2n) is 7.70. The molecule has 0 N–H and O–H groups in total.